The average molecular weight is 392 g/mol. The van der Waals surface area contributed by atoms with Crippen molar-refractivity contribution >= 4 is 29.9 Å². The quantitative estimate of drug-likeness (QED) is 0.478. The Balaban J connectivity index is 0.00000200. The largest absolute Gasteiger partial charge is 0.444 e. The average Bonchev–Trinajstić information content (AvgIpc) is 2.84. The van der Waals surface area contributed by atoms with Crippen LogP contribution in [0.5, 0.6) is 0 Å². The van der Waals surface area contributed by atoms with Crippen molar-refractivity contribution in [2.45, 2.75) is 40.7 Å². The second kappa shape index (κ2) is 6.78. The monoisotopic (exact) mass is 392 g/mol. The molecule has 1 aromatic rings. The maximum Gasteiger partial charge on any atom is 0.214 e. The summed E-state index contributed by atoms with van der Waals surface area (Å²) in [7, 11) is 1.82. The van der Waals surface area contributed by atoms with E-state index in [2.05, 4.69) is 34.0 Å². The molecule has 0 aliphatic carbocycles. The van der Waals surface area contributed by atoms with Crippen LogP contribution in [0.25, 0.3) is 0 Å². The van der Waals surface area contributed by atoms with Crippen LogP contribution in [0.1, 0.15) is 37.6 Å². The Bertz CT molecular complexity index is 462. The van der Waals surface area contributed by atoms with Crippen molar-refractivity contribution in [1.82, 2.24) is 15.2 Å². The van der Waals surface area contributed by atoms with Crippen molar-refractivity contribution in [1.29, 1.82) is 0 Å². The van der Waals surface area contributed by atoms with E-state index in [0.29, 0.717) is 12.0 Å². The number of hydrogen-bond donors (Lipinski definition) is 1. The summed E-state index contributed by atoms with van der Waals surface area (Å²) in [5.74, 6) is 2.53. The van der Waals surface area contributed by atoms with Gasteiger partial charge >= 0.3 is 0 Å². The lowest BCUT2D eigenvalue weighted by molar-refractivity contribution is 0.368. The molecular weight excluding hydrogens is 367 g/mol. The minimum absolute atomic E-state index is 0. The minimum atomic E-state index is 0. The molecule has 20 heavy (non-hydrogen) atoms. The van der Waals surface area contributed by atoms with Gasteiger partial charge in [0.2, 0.25) is 5.89 Å². The molecule has 1 fully saturated rings. The molecule has 0 amide bonds. The number of aromatic nitrogens is 1. The molecule has 0 atom stereocenters. The predicted octanol–water partition coefficient (Wildman–Crippen LogP) is 2.72. The molecule has 0 spiro atoms. The van der Waals surface area contributed by atoms with Crippen molar-refractivity contribution < 1.29 is 4.42 Å². The van der Waals surface area contributed by atoms with Gasteiger partial charge in [0.1, 0.15) is 5.76 Å². The zero-order valence-electron chi connectivity index (χ0n) is 13.0. The van der Waals surface area contributed by atoms with E-state index in [0.717, 1.165) is 36.4 Å². The molecule has 2 heterocycles. The fraction of sp³-hybridized carbons (Fsp3) is 0.714. The topological polar surface area (TPSA) is 53.7 Å². The Kier molecular flexibility index (Phi) is 5.85. The van der Waals surface area contributed by atoms with E-state index >= 15 is 0 Å². The first-order valence-electron chi connectivity index (χ1n) is 6.80. The van der Waals surface area contributed by atoms with Gasteiger partial charge in [0, 0.05) is 20.1 Å². The lowest BCUT2D eigenvalue weighted by Gasteiger charge is -2.23. The second-order valence-corrected chi connectivity index (χ2v) is 5.99. The molecule has 0 aromatic carbocycles. The number of aryl methyl sites for hydroxylation is 2. The summed E-state index contributed by atoms with van der Waals surface area (Å²) in [6.07, 6.45) is 1.20. The summed E-state index contributed by atoms with van der Waals surface area (Å²) >= 11 is 0. The summed E-state index contributed by atoms with van der Waals surface area (Å²) < 4.78 is 5.57. The first-order valence-corrected chi connectivity index (χ1v) is 6.80. The summed E-state index contributed by atoms with van der Waals surface area (Å²) in [5, 5.41) is 3.33. The highest BCUT2D eigenvalue weighted by atomic mass is 127. The zero-order valence-corrected chi connectivity index (χ0v) is 15.3. The third-order valence-corrected chi connectivity index (χ3v) is 3.66. The molecule has 5 nitrogen and oxygen atoms in total. The van der Waals surface area contributed by atoms with Crippen LogP contribution in [0.3, 0.4) is 0 Å². The first-order chi connectivity index (χ1) is 8.91. The molecule has 0 radical (unpaired) electrons. The normalized spacial score (nSPS) is 18.1. The summed E-state index contributed by atoms with van der Waals surface area (Å²) in [6, 6.07) is 0. The van der Waals surface area contributed by atoms with Gasteiger partial charge in [-0.2, -0.15) is 0 Å². The minimum Gasteiger partial charge on any atom is -0.444 e. The lowest BCUT2D eigenvalue weighted by Crippen LogP contribution is -2.40. The van der Waals surface area contributed by atoms with E-state index in [-0.39, 0.29) is 24.0 Å². The van der Waals surface area contributed by atoms with E-state index in [1.807, 2.05) is 20.9 Å². The highest BCUT2D eigenvalue weighted by molar-refractivity contribution is 14.0. The van der Waals surface area contributed by atoms with Crippen LogP contribution in [0.4, 0.5) is 0 Å². The fourth-order valence-corrected chi connectivity index (χ4v) is 2.39. The number of nitrogens with zero attached hydrogens (tertiary/aromatic N) is 3. The van der Waals surface area contributed by atoms with Gasteiger partial charge in [-0.05, 0) is 25.7 Å². The number of halogens is 1. The van der Waals surface area contributed by atoms with Crippen molar-refractivity contribution in [3.05, 3.63) is 17.3 Å². The first kappa shape index (κ1) is 17.3. The summed E-state index contributed by atoms with van der Waals surface area (Å²) in [5.41, 5.74) is 1.32. The van der Waals surface area contributed by atoms with E-state index in [4.69, 9.17) is 4.42 Å². The maximum atomic E-state index is 5.57. The number of hydrogen-bond acceptors (Lipinski definition) is 3. The molecule has 1 saturated heterocycles. The van der Waals surface area contributed by atoms with Gasteiger partial charge in [-0.1, -0.05) is 13.8 Å². The summed E-state index contributed by atoms with van der Waals surface area (Å²) in [6.45, 7) is 11.1. The van der Waals surface area contributed by atoms with Gasteiger partial charge in [-0.25, -0.2) is 4.98 Å². The van der Waals surface area contributed by atoms with E-state index in [1.165, 1.54) is 6.42 Å². The van der Waals surface area contributed by atoms with E-state index in [9.17, 15) is 0 Å². The Morgan fingerprint density at radius 1 is 1.45 bits per heavy atom. The van der Waals surface area contributed by atoms with Crippen LogP contribution in [0.15, 0.2) is 9.41 Å². The number of guanidine groups is 1. The van der Waals surface area contributed by atoms with Crippen molar-refractivity contribution in [2.75, 3.05) is 20.1 Å². The van der Waals surface area contributed by atoms with E-state index < -0.39 is 0 Å². The van der Waals surface area contributed by atoms with Crippen molar-refractivity contribution in [3.63, 3.8) is 0 Å². The van der Waals surface area contributed by atoms with Crippen LogP contribution in [-0.2, 0) is 6.54 Å². The number of oxazole rings is 1. The molecule has 2 rings (SSSR count). The molecule has 0 bridgehead atoms. The number of aliphatic imine (C=N–C) groups is 1. The molecule has 0 unspecified atom stereocenters. The maximum absolute atomic E-state index is 5.57. The third-order valence-electron chi connectivity index (χ3n) is 3.66. The Morgan fingerprint density at radius 2 is 2.15 bits per heavy atom. The van der Waals surface area contributed by atoms with Gasteiger partial charge < -0.3 is 14.6 Å². The molecule has 6 heteroatoms. The van der Waals surface area contributed by atoms with Gasteiger partial charge in [0.25, 0.3) is 0 Å². The molecule has 114 valence electrons. The molecule has 1 aromatic heterocycles. The van der Waals surface area contributed by atoms with Crippen LogP contribution in [0.2, 0.25) is 0 Å². The molecule has 1 aliphatic heterocycles. The Hall–Kier alpha value is -0.790. The fourth-order valence-electron chi connectivity index (χ4n) is 2.39. The highest BCUT2D eigenvalue weighted by Gasteiger charge is 2.30. The van der Waals surface area contributed by atoms with Crippen LogP contribution < -0.4 is 5.32 Å². The van der Waals surface area contributed by atoms with Crippen LogP contribution in [0, 0.1) is 19.3 Å². The smallest absolute Gasteiger partial charge is 0.214 e. The Morgan fingerprint density at radius 3 is 2.60 bits per heavy atom. The standard InChI is InChI=1S/C14H24N4O.HI/c1-10-11(2)19-12(17-10)8-16-13(15-5)18-7-6-14(3,4)9-18;/h6-9H2,1-5H3,(H,15,16);1H. The lowest BCUT2D eigenvalue weighted by atomic mass is 9.93. The molecule has 1 aliphatic rings. The molecular formula is C14H25IN4O. The van der Waals surface area contributed by atoms with Gasteiger partial charge in [0.15, 0.2) is 5.96 Å². The number of nitrogens with one attached hydrogen (secondary N) is 1. The highest BCUT2D eigenvalue weighted by Crippen LogP contribution is 2.28. The van der Waals surface area contributed by atoms with Gasteiger partial charge in [-0.3, -0.25) is 4.99 Å². The summed E-state index contributed by atoms with van der Waals surface area (Å²) in [4.78, 5) is 11.0. The van der Waals surface area contributed by atoms with Crippen molar-refractivity contribution in [2.24, 2.45) is 10.4 Å². The van der Waals surface area contributed by atoms with Gasteiger partial charge in [0.05, 0.1) is 12.2 Å². The van der Waals surface area contributed by atoms with E-state index in [1.54, 1.807) is 0 Å². The van der Waals surface area contributed by atoms with Crippen LogP contribution in [-0.4, -0.2) is 36.0 Å². The second-order valence-electron chi connectivity index (χ2n) is 5.99. The number of likely N-dealkylation sites (tertiary alicyclic amines) is 1. The van der Waals surface area contributed by atoms with Gasteiger partial charge in [-0.15, -0.1) is 24.0 Å². The predicted molar refractivity (Wildman–Crippen MR) is 91.6 cm³/mol. The Labute approximate surface area is 138 Å². The van der Waals surface area contributed by atoms with Crippen LogP contribution >= 0.6 is 24.0 Å². The SMILES string of the molecule is CN=C(NCc1nc(C)c(C)o1)N1CCC(C)(C)C1.I. The molecule has 1 N–H and O–H groups in total. The molecule has 0 saturated carbocycles. The zero-order chi connectivity index (χ0) is 14.0. The third kappa shape index (κ3) is 4.10. The van der Waals surface area contributed by atoms with Crippen molar-refractivity contribution in [3.8, 4) is 0 Å². The number of rotatable bonds is 2.